The average Bonchev–Trinajstić information content (AvgIpc) is 2.80. The molecule has 2 rings (SSSR count). The van der Waals surface area contributed by atoms with Crippen molar-refractivity contribution < 1.29 is 14.3 Å². The van der Waals surface area contributed by atoms with Gasteiger partial charge >= 0.3 is 5.97 Å². The molecule has 0 aliphatic carbocycles. The van der Waals surface area contributed by atoms with E-state index < -0.39 is 5.97 Å². The van der Waals surface area contributed by atoms with Crippen LogP contribution in [-0.2, 0) is 16.0 Å². The smallest absolute Gasteiger partial charge is 0.350 e. The van der Waals surface area contributed by atoms with E-state index in [4.69, 9.17) is 4.74 Å². The molecule has 6 heteroatoms. The molecule has 2 aromatic heterocycles. The van der Waals surface area contributed by atoms with Crippen molar-refractivity contribution in [3.63, 3.8) is 0 Å². The lowest BCUT2D eigenvalue weighted by Gasteiger charge is -2.07. The normalized spacial score (nSPS) is 10.1. The Balaban J connectivity index is 2.12. The Bertz CT molecular complexity index is 623. The number of carbonyl (C=O) groups is 2. The number of esters is 1. The fourth-order valence-corrected chi connectivity index (χ4v) is 2.63. The van der Waals surface area contributed by atoms with Gasteiger partial charge in [-0.05, 0) is 35.6 Å². The van der Waals surface area contributed by atoms with Gasteiger partial charge in [-0.3, -0.25) is 9.78 Å². The van der Waals surface area contributed by atoms with Gasteiger partial charge in [0.25, 0.3) is 0 Å². The van der Waals surface area contributed by atoms with Crippen molar-refractivity contribution in [1.29, 1.82) is 0 Å². The quantitative estimate of drug-likeness (QED) is 0.878. The predicted molar refractivity (Wildman–Crippen MR) is 77.0 cm³/mol. The molecule has 0 fully saturated rings. The molecular weight excluding hydrogens is 276 g/mol. The summed E-state index contributed by atoms with van der Waals surface area (Å²) in [6.07, 6.45) is 3.51. The van der Waals surface area contributed by atoms with E-state index in [0.717, 1.165) is 11.1 Å². The molecule has 1 N–H and O–H groups in total. The van der Waals surface area contributed by atoms with Gasteiger partial charge in [0.2, 0.25) is 5.91 Å². The second-order valence-corrected chi connectivity index (χ2v) is 5.07. The molecule has 1 amide bonds. The molecule has 0 saturated heterocycles. The highest BCUT2D eigenvalue weighted by Crippen LogP contribution is 2.28. The number of nitrogens with zero attached hydrogens (tertiary/aromatic N) is 1. The van der Waals surface area contributed by atoms with Crippen LogP contribution in [0.15, 0.2) is 29.9 Å². The van der Waals surface area contributed by atoms with Crippen LogP contribution in [0.4, 0.5) is 5.69 Å². The Morgan fingerprint density at radius 1 is 1.35 bits per heavy atom. The van der Waals surface area contributed by atoms with Gasteiger partial charge in [0.1, 0.15) is 4.88 Å². The number of ether oxygens (including phenoxy) is 1. The van der Waals surface area contributed by atoms with Gasteiger partial charge in [0.05, 0.1) is 19.2 Å². The van der Waals surface area contributed by atoms with Crippen molar-refractivity contribution >= 4 is 28.9 Å². The third-order valence-electron chi connectivity index (χ3n) is 2.72. The van der Waals surface area contributed by atoms with E-state index in [1.165, 1.54) is 18.4 Å². The number of thiophene rings is 1. The van der Waals surface area contributed by atoms with Crippen molar-refractivity contribution in [1.82, 2.24) is 4.98 Å². The van der Waals surface area contributed by atoms with Gasteiger partial charge in [-0.1, -0.05) is 0 Å². The van der Waals surface area contributed by atoms with Crippen molar-refractivity contribution in [2.45, 2.75) is 13.3 Å². The number of hydrogen-bond donors (Lipinski definition) is 1. The summed E-state index contributed by atoms with van der Waals surface area (Å²) in [5, 5.41) is 4.59. The number of amides is 1. The van der Waals surface area contributed by atoms with E-state index in [0.29, 0.717) is 10.6 Å². The highest BCUT2D eigenvalue weighted by molar-refractivity contribution is 7.12. The van der Waals surface area contributed by atoms with Gasteiger partial charge < -0.3 is 10.1 Å². The lowest BCUT2D eigenvalue weighted by Crippen LogP contribution is -2.16. The molecule has 2 heterocycles. The number of carbonyl (C=O) groups excluding carboxylic acids is 2. The molecule has 104 valence electrons. The summed E-state index contributed by atoms with van der Waals surface area (Å²) in [6, 6.07) is 3.56. The highest BCUT2D eigenvalue weighted by atomic mass is 32.1. The van der Waals surface area contributed by atoms with Crippen LogP contribution in [0.1, 0.15) is 20.8 Å². The Morgan fingerprint density at radius 2 is 2.05 bits per heavy atom. The summed E-state index contributed by atoms with van der Waals surface area (Å²) in [5.41, 5.74) is 2.24. The number of methoxy groups -OCH3 is 1. The second kappa shape index (κ2) is 6.29. The number of hydrogen-bond acceptors (Lipinski definition) is 5. The molecule has 0 aliphatic rings. The van der Waals surface area contributed by atoms with Gasteiger partial charge in [-0.2, -0.15) is 0 Å². The van der Waals surface area contributed by atoms with Gasteiger partial charge in [-0.15, -0.1) is 11.3 Å². The lowest BCUT2D eigenvalue weighted by atomic mass is 10.2. The van der Waals surface area contributed by atoms with Crippen molar-refractivity contribution in [2.24, 2.45) is 0 Å². The van der Waals surface area contributed by atoms with E-state index in [-0.39, 0.29) is 12.3 Å². The SMILES string of the molecule is COC(=O)c1scc(C)c1NC(=O)Cc1ccncc1. The van der Waals surface area contributed by atoms with Gasteiger partial charge in [0.15, 0.2) is 0 Å². The van der Waals surface area contributed by atoms with Crippen molar-refractivity contribution in [2.75, 3.05) is 12.4 Å². The third-order valence-corrected chi connectivity index (χ3v) is 3.80. The van der Waals surface area contributed by atoms with E-state index >= 15 is 0 Å². The monoisotopic (exact) mass is 290 g/mol. The maximum Gasteiger partial charge on any atom is 0.350 e. The third kappa shape index (κ3) is 3.21. The number of rotatable bonds is 4. The predicted octanol–water partition coefficient (Wildman–Crippen LogP) is 2.42. The maximum absolute atomic E-state index is 12.0. The number of nitrogens with one attached hydrogen (secondary N) is 1. The molecule has 0 aromatic carbocycles. The zero-order valence-electron chi connectivity index (χ0n) is 11.2. The zero-order chi connectivity index (χ0) is 14.5. The molecule has 2 aromatic rings. The van der Waals surface area contributed by atoms with E-state index in [1.807, 2.05) is 12.3 Å². The average molecular weight is 290 g/mol. The Morgan fingerprint density at radius 3 is 2.70 bits per heavy atom. The largest absolute Gasteiger partial charge is 0.465 e. The van der Waals surface area contributed by atoms with Crippen LogP contribution in [-0.4, -0.2) is 24.0 Å². The molecule has 0 bridgehead atoms. The van der Waals surface area contributed by atoms with Gasteiger partial charge in [-0.25, -0.2) is 4.79 Å². The van der Waals surface area contributed by atoms with E-state index in [1.54, 1.807) is 24.5 Å². The molecule has 0 saturated carbocycles. The molecule has 0 aliphatic heterocycles. The van der Waals surface area contributed by atoms with Crippen molar-refractivity contribution in [3.8, 4) is 0 Å². The number of aromatic nitrogens is 1. The van der Waals surface area contributed by atoms with Crippen LogP contribution in [0.25, 0.3) is 0 Å². The van der Waals surface area contributed by atoms with E-state index in [9.17, 15) is 9.59 Å². The Labute approximate surface area is 120 Å². The first-order valence-electron chi connectivity index (χ1n) is 5.97. The first-order valence-corrected chi connectivity index (χ1v) is 6.85. The molecule has 20 heavy (non-hydrogen) atoms. The summed E-state index contributed by atoms with van der Waals surface area (Å²) >= 11 is 1.26. The minimum Gasteiger partial charge on any atom is -0.465 e. The summed E-state index contributed by atoms with van der Waals surface area (Å²) < 4.78 is 4.70. The highest BCUT2D eigenvalue weighted by Gasteiger charge is 2.18. The molecule has 0 spiro atoms. The van der Waals surface area contributed by atoms with Crippen molar-refractivity contribution in [3.05, 3.63) is 45.9 Å². The zero-order valence-corrected chi connectivity index (χ0v) is 12.0. The number of aryl methyl sites for hydroxylation is 1. The summed E-state index contributed by atoms with van der Waals surface area (Å²) in [7, 11) is 1.32. The van der Waals surface area contributed by atoms with Crippen LogP contribution in [0.2, 0.25) is 0 Å². The molecule has 0 unspecified atom stereocenters. The fourth-order valence-electron chi connectivity index (χ4n) is 1.71. The number of pyridine rings is 1. The second-order valence-electron chi connectivity index (χ2n) is 4.19. The standard InChI is InChI=1S/C14H14N2O3S/c1-9-8-20-13(14(18)19-2)12(9)16-11(17)7-10-3-5-15-6-4-10/h3-6,8H,7H2,1-2H3,(H,16,17). The lowest BCUT2D eigenvalue weighted by molar-refractivity contribution is -0.115. The number of anilines is 1. The first-order chi connectivity index (χ1) is 9.61. The molecular formula is C14H14N2O3S. The van der Waals surface area contributed by atoms with Crippen LogP contribution in [0, 0.1) is 6.92 Å². The summed E-state index contributed by atoms with van der Waals surface area (Å²) in [6.45, 7) is 1.84. The minimum atomic E-state index is -0.442. The van der Waals surface area contributed by atoms with Gasteiger partial charge in [0, 0.05) is 12.4 Å². The molecule has 0 atom stereocenters. The van der Waals surface area contributed by atoms with Crippen LogP contribution in [0.5, 0.6) is 0 Å². The van der Waals surface area contributed by atoms with Crippen LogP contribution < -0.4 is 5.32 Å². The fraction of sp³-hybridized carbons (Fsp3) is 0.214. The topological polar surface area (TPSA) is 68.3 Å². The maximum atomic E-state index is 12.0. The minimum absolute atomic E-state index is 0.178. The first kappa shape index (κ1) is 14.2. The Kier molecular flexibility index (Phi) is 4.47. The van der Waals surface area contributed by atoms with Crippen LogP contribution in [0.3, 0.4) is 0 Å². The van der Waals surface area contributed by atoms with Crippen LogP contribution >= 0.6 is 11.3 Å². The Hall–Kier alpha value is -2.21. The molecule has 0 radical (unpaired) electrons. The molecule has 5 nitrogen and oxygen atoms in total. The summed E-state index contributed by atoms with van der Waals surface area (Å²) in [5.74, 6) is -0.620. The van der Waals surface area contributed by atoms with E-state index in [2.05, 4.69) is 10.3 Å². The summed E-state index contributed by atoms with van der Waals surface area (Å²) in [4.78, 5) is 27.9.